The third-order valence-electron chi connectivity index (χ3n) is 5.44. The molecule has 146 valence electrons. The Morgan fingerprint density at radius 3 is 2.58 bits per heavy atom. The smallest absolute Gasteiger partial charge is 0.302 e. The van der Waals surface area contributed by atoms with Crippen LogP contribution in [0.3, 0.4) is 0 Å². The van der Waals surface area contributed by atoms with Crippen LogP contribution in [0.5, 0.6) is 0 Å². The molecule has 2 N–H and O–H groups in total. The van der Waals surface area contributed by atoms with Crippen molar-refractivity contribution in [2.75, 3.05) is 5.73 Å². The molecule has 6 nitrogen and oxygen atoms in total. The number of rotatable bonds is 4. The number of nitrogen functional groups attached to an aromatic ring is 1. The molecule has 1 aliphatic heterocycles. The number of hydrogen-bond donors (Lipinski definition) is 1. The predicted molar refractivity (Wildman–Crippen MR) is 104 cm³/mol. The van der Waals surface area contributed by atoms with Crippen LogP contribution < -0.4 is 5.73 Å². The molecule has 0 aromatic carbocycles. The van der Waals surface area contributed by atoms with Crippen LogP contribution in [0.1, 0.15) is 52.7 Å². The lowest BCUT2D eigenvalue weighted by molar-refractivity contribution is -0.185. The fourth-order valence-corrected chi connectivity index (χ4v) is 4.34. The molecule has 1 aromatic heterocycles. The highest BCUT2D eigenvalue weighted by Gasteiger charge is 2.46. The first-order valence-corrected chi connectivity index (χ1v) is 12.0. The van der Waals surface area contributed by atoms with Gasteiger partial charge in [0.15, 0.2) is 8.32 Å². The number of aromatic nitrogens is 1. The van der Waals surface area contributed by atoms with E-state index in [2.05, 4.69) is 38.8 Å². The molecule has 0 amide bonds. The number of carbonyl (C=O) groups is 1. The summed E-state index contributed by atoms with van der Waals surface area (Å²) in [5.74, 6) is -0.311. The van der Waals surface area contributed by atoms with E-state index in [0.29, 0.717) is 12.1 Å². The van der Waals surface area contributed by atoms with Crippen molar-refractivity contribution in [2.45, 2.75) is 83.6 Å². The first-order chi connectivity index (χ1) is 11.9. The minimum absolute atomic E-state index is 0.0554. The molecule has 1 aliphatic rings. The lowest BCUT2D eigenvalue weighted by atomic mass is 9.94. The van der Waals surface area contributed by atoms with Crippen molar-refractivity contribution in [3.05, 3.63) is 24.0 Å². The van der Waals surface area contributed by atoms with Crippen LogP contribution in [0.4, 0.5) is 5.69 Å². The van der Waals surface area contributed by atoms with E-state index in [0.717, 1.165) is 5.56 Å². The molecule has 1 aromatic rings. The minimum atomic E-state index is -2.05. The summed E-state index contributed by atoms with van der Waals surface area (Å²) >= 11 is 0. The van der Waals surface area contributed by atoms with Crippen LogP contribution in [0, 0.1) is 0 Å². The van der Waals surface area contributed by atoms with Gasteiger partial charge in [-0.05, 0) is 31.1 Å². The number of hydrogen-bond acceptors (Lipinski definition) is 6. The van der Waals surface area contributed by atoms with E-state index in [9.17, 15) is 4.79 Å². The van der Waals surface area contributed by atoms with Crippen LogP contribution in [-0.4, -0.2) is 37.6 Å². The quantitative estimate of drug-likeness (QED) is 0.631. The van der Waals surface area contributed by atoms with Gasteiger partial charge in [-0.25, -0.2) is 0 Å². The number of carbonyl (C=O) groups excluding carboxylic acids is 1. The van der Waals surface area contributed by atoms with Gasteiger partial charge in [-0.1, -0.05) is 20.8 Å². The van der Waals surface area contributed by atoms with Gasteiger partial charge in [-0.3, -0.25) is 9.78 Å². The zero-order valence-corrected chi connectivity index (χ0v) is 17.9. The van der Waals surface area contributed by atoms with E-state index in [4.69, 9.17) is 19.6 Å². The van der Waals surface area contributed by atoms with E-state index in [1.54, 1.807) is 12.4 Å². The van der Waals surface area contributed by atoms with Crippen molar-refractivity contribution < 1.29 is 18.7 Å². The molecular formula is C19H32N2O4Si. The zero-order chi connectivity index (χ0) is 19.7. The van der Waals surface area contributed by atoms with Crippen molar-refractivity contribution in [1.82, 2.24) is 4.98 Å². The van der Waals surface area contributed by atoms with Crippen LogP contribution >= 0.6 is 0 Å². The second-order valence-corrected chi connectivity index (χ2v) is 13.3. The Kier molecular flexibility index (Phi) is 6.15. The predicted octanol–water partition coefficient (Wildman–Crippen LogP) is 3.84. The number of anilines is 1. The Morgan fingerprint density at radius 2 is 2.04 bits per heavy atom. The molecule has 0 saturated carbocycles. The topological polar surface area (TPSA) is 83.7 Å². The summed E-state index contributed by atoms with van der Waals surface area (Å²) in [4.78, 5) is 15.7. The van der Waals surface area contributed by atoms with E-state index in [-0.39, 0.29) is 35.4 Å². The van der Waals surface area contributed by atoms with Gasteiger partial charge >= 0.3 is 5.97 Å². The highest BCUT2D eigenvalue weighted by Crippen LogP contribution is 2.42. The molecule has 1 fully saturated rings. The molecule has 4 atom stereocenters. The standard InChI is InChI=1S/C19H32N2O4Si/c1-12-18(25-26(6,7)19(3,4)5)17(24-13(2)22)10-16(23-12)14-8-9-21-11-15(14)20/h8-9,11-12,16-18H,10,20H2,1-7H3/t12-,16+,17+,18-/m0/s1. The number of esters is 1. The molecule has 0 radical (unpaired) electrons. The largest absolute Gasteiger partial charge is 0.460 e. The summed E-state index contributed by atoms with van der Waals surface area (Å²) in [6.07, 6.45) is 2.68. The van der Waals surface area contributed by atoms with Crippen molar-refractivity contribution in [3.63, 3.8) is 0 Å². The van der Waals surface area contributed by atoms with Gasteiger partial charge in [0.25, 0.3) is 0 Å². The zero-order valence-electron chi connectivity index (χ0n) is 16.9. The Hall–Kier alpha value is -1.44. The summed E-state index contributed by atoms with van der Waals surface area (Å²) in [7, 11) is -2.05. The highest BCUT2D eigenvalue weighted by molar-refractivity contribution is 6.74. The van der Waals surface area contributed by atoms with Crippen LogP contribution in [0.25, 0.3) is 0 Å². The third-order valence-corrected chi connectivity index (χ3v) is 9.92. The highest BCUT2D eigenvalue weighted by atomic mass is 28.4. The molecule has 0 aliphatic carbocycles. The second-order valence-electron chi connectivity index (χ2n) is 8.56. The van der Waals surface area contributed by atoms with Gasteiger partial charge in [0.2, 0.25) is 0 Å². The Balaban J connectivity index is 2.27. The van der Waals surface area contributed by atoms with Gasteiger partial charge in [0.1, 0.15) is 12.2 Å². The van der Waals surface area contributed by atoms with Crippen LogP contribution in [0.2, 0.25) is 18.1 Å². The van der Waals surface area contributed by atoms with Gasteiger partial charge < -0.3 is 19.6 Å². The van der Waals surface area contributed by atoms with Crippen molar-refractivity contribution >= 4 is 20.0 Å². The van der Waals surface area contributed by atoms with Crippen molar-refractivity contribution in [3.8, 4) is 0 Å². The average molecular weight is 381 g/mol. The monoisotopic (exact) mass is 380 g/mol. The first kappa shape index (κ1) is 20.9. The van der Waals surface area contributed by atoms with Crippen molar-refractivity contribution in [2.24, 2.45) is 0 Å². The van der Waals surface area contributed by atoms with E-state index in [1.807, 2.05) is 13.0 Å². The summed E-state index contributed by atoms with van der Waals surface area (Å²) in [6, 6.07) is 1.85. The minimum Gasteiger partial charge on any atom is -0.460 e. The molecule has 2 rings (SSSR count). The molecule has 7 heteroatoms. The third kappa shape index (κ3) is 4.63. The molecule has 0 spiro atoms. The first-order valence-electron chi connectivity index (χ1n) is 9.12. The van der Waals surface area contributed by atoms with E-state index >= 15 is 0 Å². The summed E-state index contributed by atoms with van der Waals surface area (Å²) in [5, 5.41) is 0.0554. The summed E-state index contributed by atoms with van der Waals surface area (Å²) in [5.41, 5.74) is 7.51. The van der Waals surface area contributed by atoms with Gasteiger partial charge in [0.05, 0.1) is 24.1 Å². The van der Waals surface area contributed by atoms with Gasteiger partial charge in [0, 0.05) is 25.1 Å². The fourth-order valence-electron chi connectivity index (χ4n) is 2.97. The van der Waals surface area contributed by atoms with Gasteiger partial charge in [-0.15, -0.1) is 0 Å². The number of nitrogens with two attached hydrogens (primary N) is 1. The Morgan fingerprint density at radius 1 is 1.38 bits per heavy atom. The molecule has 2 heterocycles. The summed E-state index contributed by atoms with van der Waals surface area (Å²) in [6.45, 7) is 14.4. The maximum absolute atomic E-state index is 11.7. The molecule has 1 saturated heterocycles. The van der Waals surface area contributed by atoms with E-state index < -0.39 is 8.32 Å². The van der Waals surface area contributed by atoms with Crippen LogP contribution in [-0.2, 0) is 18.7 Å². The fraction of sp³-hybridized carbons (Fsp3) is 0.684. The van der Waals surface area contributed by atoms with E-state index in [1.165, 1.54) is 6.92 Å². The van der Waals surface area contributed by atoms with Crippen LogP contribution in [0.15, 0.2) is 18.5 Å². The number of ether oxygens (including phenoxy) is 2. The molecular weight excluding hydrogens is 348 g/mol. The number of pyridine rings is 1. The van der Waals surface area contributed by atoms with Gasteiger partial charge in [-0.2, -0.15) is 0 Å². The average Bonchev–Trinajstić information content (AvgIpc) is 2.49. The number of nitrogens with zero attached hydrogens (tertiary/aromatic N) is 1. The normalized spacial score (nSPS) is 27.2. The Labute approximate surface area is 157 Å². The molecule has 0 unspecified atom stereocenters. The SMILES string of the molecule is CC(=O)O[C@@H]1C[C@H](c2ccncc2N)O[C@@H](C)[C@@H]1O[Si](C)(C)C(C)(C)C. The lowest BCUT2D eigenvalue weighted by Crippen LogP contribution is -2.54. The van der Waals surface area contributed by atoms with Crippen molar-refractivity contribution in [1.29, 1.82) is 0 Å². The lowest BCUT2D eigenvalue weighted by Gasteiger charge is -2.46. The maximum atomic E-state index is 11.7. The summed E-state index contributed by atoms with van der Waals surface area (Å²) < 4.78 is 18.5. The maximum Gasteiger partial charge on any atom is 0.302 e. The Bertz CT molecular complexity index is 645. The molecule has 0 bridgehead atoms. The molecule has 26 heavy (non-hydrogen) atoms. The second kappa shape index (κ2) is 7.66.